The number of nitrogens with zero attached hydrogens (tertiary/aromatic N) is 2. The van der Waals surface area contributed by atoms with Gasteiger partial charge in [0, 0.05) is 43.7 Å². The number of aromatic nitrogens is 2. The summed E-state index contributed by atoms with van der Waals surface area (Å²) in [6.07, 6.45) is 3.68. The standard InChI is InChI=1S/C30H41N3O5/c1-6-23-26-24(16-30(17-31-27(26)35)10-12-37-13-11-30)33(32-23)18-29(4,5)19-38-28(36)22-9-7-8-21(15-22)25(34)14-20(2)3/h7-9,15,20H,6,10-14,16-19H2,1-5H3,(H,31,35). The number of benzene rings is 1. The van der Waals surface area contributed by atoms with Crippen LogP contribution in [0.5, 0.6) is 0 Å². The van der Waals surface area contributed by atoms with Crippen molar-refractivity contribution in [2.45, 2.75) is 73.3 Å². The van der Waals surface area contributed by atoms with Crippen LogP contribution in [0.1, 0.15) is 96.3 Å². The van der Waals surface area contributed by atoms with Crippen molar-refractivity contribution in [1.82, 2.24) is 15.1 Å². The van der Waals surface area contributed by atoms with E-state index >= 15 is 0 Å². The Morgan fingerprint density at radius 2 is 1.92 bits per heavy atom. The highest BCUT2D eigenvalue weighted by molar-refractivity contribution is 5.99. The van der Waals surface area contributed by atoms with E-state index in [2.05, 4.69) is 5.32 Å². The zero-order valence-corrected chi connectivity index (χ0v) is 23.4. The van der Waals surface area contributed by atoms with Gasteiger partial charge in [0.15, 0.2) is 5.78 Å². The van der Waals surface area contributed by atoms with Gasteiger partial charge in [0.05, 0.1) is 29.1 Å². The van der Waals surface area contributed by atoms with Gasteiger partial charge in [-0.1, -0.05) is 46.8 Å². The highest BCUT2D eigenvalue weighted by Crippen LogP contribution is 2.38. The first kappa shape index (κ1) is 28.0. The molecule has 1 saturated heterocycles. The second-order valence-corrected chi connectivity index (χ2v) is 12.1. The molecule has 3 heterocycles. The van der Waals surface area contributed by atoms with Gasteiger partial charge in [0.1, 0.15) is 0 Å². The normalized spacial score (nSPS) is 17.2. The van der Waals surface area contributed by atoms with Crippen LogP contribution in [0, 0.1) is 16.7 Å². The van der Waals surface area contributed by atoms with E-state index in [1.807, 2.05) is 39.3 Å². The van der Waals surface area contributed by atoms with Crippen molar-refractivity contribution in [3.63, 3.8) is 0 Å². The smallest absolute Gasteiger partial charge is 0.338 e. The molecule has 1 fully saturated rings. The van der Waals surface area contributed by atoms with E-state index in [4.69, 9.17) is 14.6 Å². The van der Waals surface area contributed by atoms with Crippen molar-refractivity contribution < 1.29 is 23.9 Å². The van der Waals surface area contributed by atoms with Crippen molar-refractivity contribution >= 4 is 17.7 Å². The maximum absolute atomic E-state index is 13.1. The van der Waals surface area contributed by atoms with Gasteiger partial charge < -0.3 is 14.8 Å². The van der Waals surface area contributed by atoms with Crippen molar-refractivity contribution in [1.29, 1.82) is 0 Å². The zero-order chi connectivity index (χ0) is 27.5. The summed E-state index contributed by atoms with van der Waals surface area (Å²) < 4.78 is 13.3. The number of Topliss-reactive ketones (excluding diaryl/α,β-unsaturated/α-hetero) is 1. The van der Waals surface area contributed by atoms with Gasteiger partial charge >= 0.3 is 5.97 Å². The Hall–Kier alpha value is -3.00. The molecule has 1 N–H and O–H groups in total. The summed E-state index contributed by atoms with van der Waals surface area (Å²) >= 11 is 0. The van der Waals surface area contributed by atoms with Crippen molar-refractivity contribution in [3.8, 4) is 0 Å². The summed E-state index contributed by atoms with van der Waals surface area (Å²) in [5.41, 5.74) is 2.90. The second-order valence-electron chi connectivity index (χ2n) is 12.1. The molecule has 2 aliphatic rings. The Morgan fingerprint density at radius 1 is 1.21 bits per heavy atom. The molecule has 0 unspecified atom stereocenters. The van der Waals surface area contributed by atoms with Gasteiger partial charge in [-0.15, -0.1) is 0 Å². The number of carbonyl (C=O) groups is 3. The zero-order valence-electron chi connectivity index (χ0n) is 23.4. The predicted molar refractivity (Wildman–Crippen MR) is 144 cm³/mol. The minimum Gasteiger partial charge on any atom is -0.461 e. The minimum absolute atomic E-state index is 0.0208. The molecule has 0 aliphatic carbocycles. The molecule has 206 valence electrons. The van der Waals surface area contributed by atoms with Crippen molar-refractivity contribution in [2.75, 3.05) is 26.4 Å². The van der Waals surface area contributed by atoms with E-state index in [9.17, 15) is 14.4 Å². The molecule has 1 aromatic heterocycles. The lowest BCUT2D eigenvalue weighted by Gasteiger charge is -2.36. The number of nitrogens with one attached hydrogen (secondary N) is 1. The summed E-state index contributed by atoms with van der Waals surface area (Å²) in [6, 6.07) is 6.75. The average molecular weight is 524 g/mol. The number of amides is 1. The van der Waals surface area contributed by atoms with Crippen LogP contribution in [0.25, 0.3) is 0 Å². The van der Waals surface area contributed by atoms with Gasteiger partial charge in [-0.3, -0.25) is 14.3 Å². The molecule has 0 saturated carbocycles. The first-order valence-electron chi connectivity index (χ1n) is 13.8. The molecule has 1 aromatic carbocycles. The number of ether oxygens (including phenoxy) is 2. The Bertz CT molecular complexity index is 1190. The number of esters is 1. The van der Waals surface area contributed by atoms with Crippen LogP contribution in [0.2, 0.25) is 0 Å². The quantitative estimate of drug-likeness (QED) is 0.380. The summed E-state index contributed by atoms with van der Waals surface area (Å²) in [5, 5.41) is 8.00. The van der Waals surface area contributed by atoms with E-state index in [1.165, 1.54) is 0 Å². The van der Waals surface area contributed by atoms with Gasteiger partial charge in [0.2, 0.25) is 0 Å². The summed E-state index contributed by atoms with van der Waals surface area (Å²) in [6.45, 7) is 12.8. The van der Waals surface area contributed by atoms with Gasteiger partial charge in [0.25, 0.3) is 5.91 Å². The number of ketones is 1. The number of carbonyl (C=O) groups excluding carboxylic acids is 3. The fourth-order valence-corrected chi connectivity index (χ4v) is 5.41. The monoisotopic (exact) mass is 523 g/mol. The fraction of sp³-hybridized carbons (Fsp3) is 0.600. The first-order valence-corrected chi connectivity index (χ1v) is 13.8. The summed E-state index contributed by atoms with van der Waals surface area (Å²) in [4.78, 5) is 38.5. The number of rotatable bonds is 9. The molecule has 4 rings (SSSR count). The van der Waals surface area contributed by atoms with E-state index in [-0.39, 0.29) is 29.6 Å². The molecule has 8 heteroatoms. The molecular formula is C30H41N3O5. The SMILES string of the molecule is CCc1nn(CC(C)(C)COC(=O)c2cccc(C(=O)CC(C)C)c2)c2c1C(=O)NCC1(CCOCC1)C2. The van der Waals surface area contributed by atoms with Crippen molar-refractivity contribution in [2.24, 2.45) is 16.7 Å². The van der Waals surface area contributed by atoms with Gasteiger partial charge in [-0.2, -0.15) is 5.10 Å². The average Bonchev–Trinajstić information content (AvgIpc) is 3.14. The molecular weight excluding hydrogens is 482 g/mol. The Morgan fingerprint density at radius 3 is 2.61 bits per heavy atom. The van der Waals surface area contributed by atoms with Crippen LogP contribution in [0.4, 0.5) is 0 Å². The molecule has 1 amide bonds. The third-order valence-corrected chi connectivity index (χ3v) is 7.60. The molecule has 1 spiro atoms. The van der Waals surface area contributed by atoms with Crippen LogP contribution >= 0.6 is 0 Å². The lowest BCUT2D eigenvalue weighted by atomic mass is 9.76. The van der Waals surface area contributed by atoms with Crippen LogP contribution in [0.3, 0.4) is 0 Å². The molecule has 0 bridgehead atoms. The summed E-state index contributed by atoms with van der Waals surface area (Å²) in [5.74, 6) is -0.238. The largest absolute Gasteiger partial charge is 0.461 e. The maximum Gasteiger partial charge on any atom is 0.338 e. The molecule has 2 aromatic rings. The van der Waals surface area contributed by atoms with Crippen LogP contribution in [0.15, 0.2) is 24.3 Å². The van der Waals surface area contributed by atoms with Crippen LogP contribution in [-0.2, 0) is 28.9 Å². The number of hydrogen-bond acceptors (Lipinski definition) is 6. The molecule has 0 radical (unpaired) electrons. The third-order valence-electron chi connectivity index (χ3n) is 7.60. The molecule has 8 nitrogen and oxygen atoms in total. The predicted octanol–water partition coefficient (Wildman–Crippen LogP) is 4.64. The van der Waals surface area contributed by atoms with Crippen molar-refractivity contribution in [3.05, 3.63) is 52.3 Å². The van der Waals surface area contributed by atoms with E-state index in [0.29, 0.717) is 55.8 Å². The Labute approximate surface area is 225 Å². The first-order chi connectivity index (χ1) is 18.0. The lowest BCUT2D eigenvalue weighted by molar-refractivity contribution is 0.0145. The second kappa shape index (κ2) is 11.4. The van der Waals surface area contributed by atoms with E-state index in [1.54, 1.807) is 24.3 Å². The van der Waals surface area contributed by atoms with Crippen LogP contribution < -0.4 is 5.32 Å². The van der Waals surface area contributed by atoms with Gasteiger partial charge in [-0.25, -0.2) is 4.79 Å². The van der Waals surface area contributed by atoms with E-state index in [0.717, 1.165) is 30.7 Å². The summed E-state index contributed by atoms with van der Waals surface area (Å²) in [7, 11) is 0. The highest BCUT2D eigenvalue weighted by Gasteiger charge is 2.40. The molecule has 2 aliphatic heterocycles. The lowest BCUT2D eigenvalue weighted by Crippen LogP contribution is -2.41. The Balaban J connectivity index is 1.49. The molecule has 38 heavy (non-hydrogen) atoms. The Kier molecular flexibility index (Phi) is 8.40. The van der Waals surface area contributed by atoms with Crippen LogP contribution in [-0.4, -0.2) is 53.8 Å². The number of hydrogen-bond donors (Lipinski definition) is 1. The third kappa shape index (κ3) is 6.34. The molecule has 0 atom stereocenters. The topological polar surface area (TPSA) is 99.5 Å². The minimum atomic E-state index is -0.452. The maximum atomic E-state index is 13.1. The fourth-order valence-electron chi connectivity index (χ4n) is 5.41. The number of fused-ring (bicyclic) bond motifs is 1. The van der Waals surface area contributed by atoms with E-state index < -0.39 is 11.4 Å². The van der Waals surface area contributed by atoms with Gasteiger partial charge in [-0.05, 0) is 49.1 Å². The highest BCUT2D eigenvalue weighted by atomic mass is 16.5. The number of aryl methyl sites for hydroxylation is 1.